The lowest BCUT2D eigenvalue weighted by molar-refractivity contribution is 0.183. The molecule has 1 aromatic rings. The Balaban J connectivity index is 1.96. The smallest absolute Gasteiger partial charge is 0.0570 e. The van der Waals surface area contributed by atoms with Gasteiger partial charge in [0.1, 0.15) is 0 Å². The van der Waals surface area contributed by atoms with Gasteiger partial charge in [-0.1, -0.05) is 19.9 Å². The molecule has 0 aliphatic carbocycles. The van der Waals surface area contributed by atoms with Crippen LogP contribution >= 0.6 is 0 Å². The molecule has 1 aromatic heterocycles. The van der Waals surface area contributed by atoms with E-state index in [0.717, 1.165) is 19.6 Å². The summed E-state index contributed by atoms with van der Waals surface area (Å²) in [6.45, 7) is 9.84. The first-order chi connectivity index (χ1) is 8.09. The SMILES string of the molecule is Cc1cccnc1CNC1CCNCC1(C)C. The van der Waals surface area contributed by atoms with Crippen molar-refractivity contribution in [3.63, 3.8) is 0 Å². The Kier molecular flexibility index (Phi) is 3.79. The van der Waals surface area contributed by atoms with Gasteiger partial charge in [0, 0.05) is 25.3 Å². The van der Waals surface area contributed by atoms with E-state index in [1.54, 1.807) is 0 Å². The average molecular weight is 233 g/mol. The van der Waals surface area contributed by atoms with Crippen LogP contribution in [0.4, 0.5) is 0 Å². The second-order valence-corrected chi connectivity index (χ2v) is 5.65. The lowest BCUT2D eigenvalue weighted by Crippen LogP contribution is -2.52. The Bertz CT molecular complexity index is 373. The molecule has 0 radical (unpaired) electrons. The highest BCUT2D eigenvalue weighted by Crippen LogP contribution is 2.25. The van der Waals surface area contributed by atoms with Crippen LogP contribution in [0, 0.1) is 12.3 Å². The number of hydrogen-bond acceptors (Lipinski definition) is 3. The Hall–Kier alpha value is -0.930. The molecule has 0 amide bonds. The molecular formula is C14H23N3. The Labute approximate surface area is 104 Å². The van der Waals surface area contributed by atoms with Gasteiger partial charge in [0.15, 0.2) is 0 Å². The number of aromatic nitrogens is 1. The van der Waals surface area contributed by atoms with Crippen LogP contribution in [0.5, 0.6) is 0 Å². The van der Waals surface area contributed by atoms with Crippen molar-refractivity contribution in [3.8, 4) is 0 Å². The highest BCUT2D eigenvalue weighted by atomic mass is 15.0. The minimum absolute atomic E-state index is 0.320. The van der Waals surface area contributed by atoms with Crippen LogP contribution in [0.1, 0.15) is 31.5 Å². The molecule has 3 heteroatoms. The van der Waals surface area contributed by atoms with Crippen molar-refractivity contribution in [2.24, 2.45) is 5.41 Å². The zero-order valence-electron chi connectivity index (χ0n) is 11.1. The normalized spacial score (nSPS) is 23.6. The summed E-state index contributed by atoms with van der Waals surface area (Å²) in [5.41, 5.74) is 2.76. The van der Waals surface area contributed by atoms with Gasteiger partial charge in [-0.25, -0.2) is 0 Å². The van der Waals surface area contributed by atoms with Gasteiger partial charge >= 0.3 is 0 Å². The standard InChI is InChI=1S/C14H23N3/c1-11-5-4-7-16-12(11)9-17-13-6-8-15-10-14(13,2)3/h4-5,7,13,15,17H,6,8-10H2,1-3H3. The quantitative estimate of drug-likeness (QED) is 0.837. The van der Waals surface area contributed by atoms with E-state index in [4.69, 9.17) is 0 Å². The van der Waals surface area contributed by atoms with E-state index in [-0.39, 0.29) is 0 Å². The van der Waals surface area contributed by atoms with Crippen molar-refractivity contribution in [1.82, 2.24) is 15.6 Å². The van der Waals surface area contributed by atoms with Crippen LogP contribution in [-0.2, 0) is 6.54 Å². The second kappa shape index (κ2) is 5.15. The van der Waals surface area contributed by atoms with Gasteiger partial charge in [0.2, 0.25) is 0 Å². The Morgan fingerprint density at radius 3 is 3.06 bits per heavy atom. The van der Waals surface area contributed by atoms with E-state index in [2.05, 4.69) is 42.5 Å². The third-order valence-electron chi connectivity index (χ3n) is 3.77. The lowest BCUT2D eigenvalue weighted by Gasteiger charge is -2.39. The van der Waals surface area contributed by atoms with E-state index >= 15 is 0 Å². The summed E-state index contributed by atoms with van der Waals surface area (Å²) in [6.07, 6.45) is 3.07. The molecule has 94 valence electrons. The van der Waals surface area contributed by atoms with Crippen molar-refractivity contribution in [2.45, 2.75) is 39.8 Å². The zero-order valence-corrected chi connectivity index (χ0v) is 11.1. The number of hydrogen-bond donors (Lipinski definition) is 2. The summed E-state index contributed by atoms with van der Waals surface area (Å²) in [7, 11) is 0. The van der Waals surface area contributed by atoms with Crippen LogP contribution in [0.25, 0.3) is 0 Å². The van der Waals surface area contributed by atoms with Crippen molar-refractivity contribution in [2.75, 3.05) is 13.1 Å². The average Bonchev–Trinajstić information content (AvgIpc) is 2.29. The molecule has 0 spiro atoms. The molecule has 0 aromatic carbocycles. The molecule has 1 aliphatic heterocycles. The number of piperidine rings is 1. The first kappa shape index (κ1) is 12.5. The summed E-state index contributed by atoms with van der Waals surface area (Å²) in [6, 6.07) is 4.69. The first-order valence-electron chi connectivity index (χ1n) is 6.44. The number of nitrogens with one attached hydrogen (secondary N) is 2. The van der Waals surface area contributed by atoms with Gasteiger partial charge in [-0.2, -0.15) is 0 Å². The van der Waals surface area contributed by atoms with Crippen LogP contribution in [-0.4, -0.2) is 24.1 Å². The molecule has 0 bridgehead atoms. The van der Waals surface area contributed by atoms with Gasteiger partial charge in [-0.15, -0.1) is 0 Å². The molecule has 2 N–H and O–H groups in total. The maximum atomic E-state index is 4.43. The van der Waals surface area contributed by atoms with Crippen LogP contribution in [0.2, 0.25) is 0 Å². The van der Waals surface area contributed by atoms with Gasteiger partial charge in [-0.05, 0) is 36.9 Å². The van der Waals surface area contributed by atoms with Crippen LogP contribution in [0.3, 0.4) is 0 Å². The minimum atomic E-state index is 0.320. The fourth-order valence-electron chi connectivity index (χ4n) is 2.47. The largest absolute Gasteiger partial charge is 0.316 e. The Morgan fingerprint density at radius 1 is 1.53 bits per heavy atom. The van der Waals surface area contributed by atoms with Crippen molar-refractivity contribution in [3.05, 3.63) is 29.6 Å². The van der Waals surface area contributed by atoms with Crippen LogP contribution in [0.15, 0.2) is 18.3 Å². The fourth-order valence-corrected chi connectivity index (χ4v) is 2.47. The molecule has 1 fully saturated rings. The van der Waals surface area contributed by atoms with Gasteiger partial charge in [0.25, 0.3) is 0 Å². The predicted molar refractivity (Wildman–Crippen MR) is 70.9 cm³/mol. The molecule has 0 saturated carbocycles. The summed E-state index contributed by atoms with van der Waals surface area (Å²) in [5.74, 6) is 0. The van der Waals surface area contributed by atoms with E-state index in [1.807, 2.05) is 12.3 Å². The molecule has 3 nitrogen and oxygen atoms in total. The number of nitrogens with zero attached hydrogens (tertiary/aromatic N) is 1. The van der Waals surface area contributed by atoms with Crippen molar-refractivity contribution < 1.29 is 0 Å². The highest BCUT2D eigenvalue weighted by molar-refractivity contribution is 5.17. The van der Waals surface area contributed by atoms with Gasteiger partial charge < -0.3 is 10.6 Å². The van der Waals surface area contributed by atoms with E-state index in [1.165, 1.54) is 17.7 Å². The topological polar surface area (TPSA) is 37.0 Å². The summed E-state index contributed by atoms with van der Waals surface area (Å²) < 4.78 is 0. The maximum absolute atomic E-state index is 4.43. The molecule has 1 saturated heterocycles. The first-order valence-corrected chi connectivity index (χ1v) is 6.44. The van der Waals surface area contributed by atoms with E-state index in [0.29, 0.717) is 11.5 Å². The molecule has 1 atom stereocenters. The predicted octanol–water partition coefficient (Wildman–Crippen LogP) is 1.87. The third-order valence-corrected chi connectivity index (χ3v) is 3.77. The molecule has 2 rings (SSSR count). The summed E-state index contributed by atoms with van der Waals surface area (Å²) >= 11 is 0. The maximum Gasteiger partial charge on any atom is 0.0570 e. The molecule has 1 aliphatic rings. The highest BCUT2D eigenvalue weighted by Gasteiger charge is 2.31. The minimum Gasteiger partial charge on any atom is -0.316 e. The third kappa shape index (κ3) is 3.05. The van der Waals surface area contributed by atoms with Gasteiger partial charge in [-0.3, -0.25) is 4.98 Å². The number of aryl methyl sites for hydroxylation is 1. The van der Waals surface area contributed by atoms with Gasteiger partial charge in [0.05, 0.1) is 5.69 Å². The second-order valence-electron chi connectivity index (χ2n) is 5.65. The lowest BCUT2D eigenvalue weighted by atomic mass is 9.80. The summed E-state index contributed by atoms with van der Waals surface area (Å²) in [5, 5.41) is 7.13. The van der Waals surface area contributed by atoms with E-state index in [9.17, 15) is 0 Å². The fraction of sp³-hybridized carbons (Fsp3) is 0.643. The molecule has 2 heterocycles. The Morgan fingerprint density at radius 2 is 2.35 bits per heavy atom. The zero-order chi connectivity index (χ0) is 12.3. The molecule has 17 heavy (non-hydrogen) atoms. The number of pyridine rings is 1. The monoisotopic (exact) mass is 233 g/mol. The molecule has 1 unspecified atom stereocenters. The van der Waals surface area contributed by atoms with Crippen molar-refractivity contribution >= 4 is 0 Å². The number of rotatable bonds is 3. The van der Waals surface area contributed by atoms with Crippen molar-refractivity contribution in [1.29, 1.82) is 0 Å². The summed E-state index contributed by atoms with van der Waals surface area (Å²) in [4.78, 5) is 4.43. The van der Waals surface area contributed by atoms with E-state index < -0.39 is 0 Å². The molecular weight excluding hydrogens is 210 g/mol. The van der Waals surface area contributed by atoms with Crippen LogP contribution < -0.4 is 10.6 Å².